The van der Waals surface area contributed by atoms with Gasteiger partial charge in [0.25, 0.3) is 5.91 Å². The van der Waals surface area contributed by atoms with Crippen molar-refractivity contribution in [3.63, 3.8) is 0 Å². The first-order valence-corrected chi connectivity index (χ1v) is 9.77. The molecular weight excluding hydrogens is 352 g/mol. The van der Waals surface area contributed by atoms with Crippen molar-refractivity contribution in [2.75, 3.05) is 19.0 Å². The molecule has 3 rings (SSSR count). The Morgan fingerprint density at radius 3 is 2.54 bits per heavy atom. The monoisotopic (exact) mass is 372 g/mol. The molecule has 0 spiro atoms. The van der Waals surface area contributed by atoms with E-state index in [0.717, 1.165) is 17.7 Å². The molecular formula is C19H20N2O4S. The number of sulfonamides is 1. The van der Waals surface area contributed by atoms with E-state index in [2.05, 4.69) is 10.0 Å². The van der Waals surface area contributed by atoms with Gasteiger partial charge in [-0.15, -0.1) is 0 Å². The molecule has 6 nitrogen and oxygen atoms in total. The van der Waals surface area contributed by atoms with Crippen LogP contribution in [0.2, 0.25) is 0 Å². The second kappa shape index (κ2) is 7.31. The minimum absolute atomic E-state index is 0.115. The van der Waals surface area contributed by atoms with Crippen LogP contribution in [0, 0.1) is 0 Å². The smallest absolute Gasteiger partial charge is 0.256 e. The number of hydrogen-bond acceptors (Lipinski definition) is 4. The number of anilines is 1. The largest absolute Gasteiger partial charge is 0.494 e. The molecule has 136 valence electrons. The Labute approximate surface area is 152 Å². The van der Waals surface area contributed by atoms with E-state index < -0.39 is 10.0 Å². The summed E-state index contributed by atoms with van der Waals surface area (Å²) >= 11 is 0. The third-order valence-corrected chi connectivity index (χ3v) is 5.43. The molecule has 0 aliphatic carbocycles. The third kappa shape index (κ3) is 3.63. The van der Waals surface area contributed by atoms with E-state index in [1.807, 2.05) is 31.2 Å². The quantitative estimate of drug-likeness (QED) is 0.764. The van der Waals surface area contributed by atoms with E-state index in [-0.39, 0.29) is 10.8 Å². The summed E-state index contributed by atoms with van der Waals surface area (Å²) in [6.07, 6.45) is 2.67. The lowest BCUT2D eigenvalue weighted by Gasteiger charge is -2.06. The minimum Gasteiger partial charge on any atom is -0.494 e. The molecule has 0 saturated heterocycles. The standard InChI is InChI=1S/C19H20N2O4S/c1-3-10-25-14-6-4-13(5-7-14)11-17-16-12-15(26(23,24)20-2)8-9-18(16)21-19(17)22/h4-9,11-12,20H,3,10H2,1-2H3,(H,21,22). The Morgan fingerprint density at radius 2 is 1.88 bits per heavy atom. The molecule has 2 aromatic carbocycles. The molecule has 0 fully saturated rings. The van der Waals surface area contributed by atoms with E-state index >= 15 is 0 Å². The fraction of sp³-hybridized carbons (Fsp3) is 0.211. The van der Waals surface area contributed by atoms with Gasteiger partial charge >= 0.3 is 0 Å². The lowest BCUT2D eigenvalue weighted by Crippen LogP contribution is -2.18. The molecule has 1 aliphatic rings. The lowest BCUT2D eigenvalue weighted by atomic mass is 10.0. The van der Waals surface area contributed by atoms with Gasteiger partial charge in [-0.3, -0.25) is 4.79 Å². The first-order chi connectivity index (χ1) is 12.4. The summed E-state index contributed by atoms with van der Waals surface area (Å²) in [4.78, 5) is 12.4. The maximum atomic E-state index is 12.3. The van der Waals surface area contributed by atoms with Gasteiger partial charge in [0.1, 0.15) is 5.75 Å². The van der Waals surface area contributed by atoms with Crippen molar-refractivity contribution in [1.29, 1.82) is 0 Å². The Morgan fingerprint density at radius 1 is 1.15 bits per heavy atom. The van der Waals surface area contributed by atoms with E-state index in [0.29, 0.717) is 23.4 Å². The molecule has 7 heteroatoms. The van der Waals surface area contributed by atoms with Gasteiger partial charge in [-0.25, -0.2) is 13.1 Å². The van der Waals surface area contributed by atoms with Gasteiger partial charge in [0.2, 0.25) is 10.0 Å². The van der Waals surface area contributed by atoms with E-state index in [4.69, 9.17) is 4.74 Å². The fourth-order valence-electron chi connectivity index (χ4n) is 2.64. The average molecular weight is 372 g/mol. The summed E-state index contributed by atoms with van der Waals surface area (Å²) in [5, 5.41) is 2.76. The molecule has 0 aromatic heterocycles. The zero-order valence-electron chi connectivity index (χ0n) is 14.6. The summed E-state index contributed by atoms with van der Waals surface area (Å²) in [7, 11) is -2.23. The molecule has 26 heavy (non-hydrogen) atoms. The van der Waals surface area contributed by atoms with Crippen LogP contribution in [0.25, 0.3) is 11.6 Å². The average Bonchev–Trinajstić information content (AvgIpc) is 2.96. The van der Waals surface area contributed by atoms with Crippen LogP contribution >= 0.6 is 0 Å². The van der Waals surface area contributed by atoms with Crippen molar-refractivity contribution >= 4 is 33.3 Å². The molecule has 2 aromatic rings. The fourth-order valence-corrected chi connectivity index (χ4v) is 3.40. The first kappa shape index (κ1) is 18.2. The molecule has 0 radical (unpaired) electrons. The highest BCUT2D eigenvalue weighted by atomic mass is 32.2. The highest BCUT2D eigenvalue weighted by Gasteiger charge is 2.26. The van der Waals surface area contributed by atoms with Gasteiger partial charge in [-0.2, -0.15) is 0 Å². The summed E-state index contributed by atoms with van der Waals surface area (Å²) in [5.74, 6) is 0.512. The van der Waals surface area contributed by atoms with Crippen LogP contribution in [0.1, 0.15) is 24.5 Å². The van der Waals surface area contributed by atoms with Gasteiger partial charge in [0.05, 0.1) is 11.5 Å². The van der Waals surface area contributed by atoms with Gasteiger partial charge < -0.3 is 10.1 Å². The highest BCUT2D eigenvalue weighted by molar-refractivity contribution is 7.89. The van der Waals surface area contributed by atoms with Crippen LogP contribution in [0.4, 0.5) is 5.69 Å². The summed E-state index contributed by atoms with van der Waals surface area (Å²) in [5.41, 5.74) is 2.42. The number of carbonyl (C=O) groups is 1. The topological polar surface area (TPSA) is 84.5 Å². The van der Waals surface area contributed by atoms with Crippen LogP contribution in [0.3, 0.4) is 0 Å². The molecule has 2 N–H and O–H groups in total. The maximum Gasteiger partial charge on any atom is 0.256 e. The zero-order chi connectivity index (χ0) is 18.7. The Hall–Kier alpha value is -2.64. The van der Waals surface area contributed by atoms with Crippen LogP contribution in [0.5, 0.6) is 5.75 Å². The van der Waals surface area contributed by atoms with Gasteiger partial charge in [-0.1, -0.05) is 19.1 Å². The molecule has 0 saturated carbocycles. The Balaban J connectivity index is 1.96. The number of rotatable bonds is 6. The Bertz CT molecular complexity index is 964. The van der Waals surface area contributed by atoms with Crippen molar-refractivity contribution in [2.45, 2.75) is 18.2 Å². The van der Waals surface area contributed by atoms with Gasteiger partial charge in [0.15, 0.2) is 0 Å². The predicted molar refractivity (Wildman–Crippen MR) is 101 cm³/mol. The van der Waals surface area contributed by atoms with Crippen molar-refractivity contribution in [2.24, 2.45) is 0 Å². The van der Waals surface area contributed by atoms with E-state index in [9.17, 15) is 13.2 Å². The van der Waals surface area contributed by atoms with E-state index in [1.165, 1.54) is 19.2 Å². The number of hydrogen-bond donors (Lipinski definition) is 2. The zero-order valence-corrected chi connectivity index (χ0v) is 15.4. The van der Waals surface area contributed by atoms with Crippen LogP contribution in [-0.2, 0) is 14.8 Å². The molecule has 0 atom stereocenters. The number of amides is 1. The molecule has 0 bridgehead atoms. The normalized spacial score (nSPS) is 15.0. The number of nitrogens with one attached hydrogen (secondary N) is 2. The number of ether oxygens (including phenoxy) is 1. The summed E-state index contributed by atoms with van der Waals surface area (Å²) < 4.78 is 31.9. The Kier molecular flexibility index (Phi) is 5.11. The minimum atomic E-state index is -3.58. The lowest BCUT2D eigenvalue weighted by molar-refractivity contribution is -0.110. The van der Waals surface area contributed by atoms with Gasteiger partial charge in [0, 0.05) is 16.8 Å². The number of carbonyl (C=O) groups excluding carboxylic acids is 1. The van der Waals surface area contributed by atoms with Crippen LogP contribution in [0.15, 0.2) is 47.4 Å². The highest BCUT2D eigenvalue weighted by Crippen LogP contribution is 2.34. The predicted octanol–water partition coefficient (Wildman–Crippen LogP) is 2.88. The van der Waals surface area contributed by atoms with Crippen molar-refractivity contribution in [3.05, 3.63) is 53.6 Å². The molecule has 1 amide bonds. The second-order valence-corrected chi connectivity index (χ2v) is 7.73. The van der Waals surface area contributed by atoms with Crippen molar-refractivity contribution < 1.29 is 17.9 Å². The third-order valence-electron chi connectivity index (χ3n) is 4.02. The molecule has 1 aliphatic heterocycles. The van der Waals surface area contributed by atoms with Crippen molar-refractivity contribution in [3.8, 4) is 5.75 Å². The maximum absolute atomic E-state index is 12.3. The van der Waals surface area contributed by atoms with Crippen molar-refractivity contribution in [1.82, 2.24) is 4.72 Å². The summed E-state index contributed by atoms with van der Waals surface area (Å²) in [6.45, 7) is 2.69. The van der Waals surface area contributed by atoms with Crippen LogP contribution < -0.4 is 14.8 Å². The SMILES string of the molecule is CCCOc1ccc(C=C2C(=O)Nc3ccc(S(=O)(=O)NC)cc32)cc1. The molecule has 0 unspecified atom stereocenters. The van der Waals surface area contributed by atoms with E-state index in [1.54, 1.807) is 12.1 Å². The number of benzene rings is 2. The van der Waals surface area contributed by atoms with Gasteiger partial charge in [-0.05, 0) is 55.4 Å². The van der Waals surface area contributed by atoms with Crippen LogP contribution in [-0.4, -0.2) is 28.0 Å². The summed E-state index contributed by atoms with van der Waals surface area (Å²) in [6, 6.07) is 12.0. The first-order valence-electron chi connectivity index (χ1n) is 8.28. The number of fused-ring (bicyclic) bond motifs is 1. The molecule has 1 heterocycles. The second-order valence-electron chi connectivity index (χ2n) is 5.84.